The molecule has 0 aliphatic heterocycles. The molecule has 2 aromatic carbocycles. The summed E-state index contributed by atoms with van der Waals surface area (Å²) < 4.78 is 1.32. The maximum absolute atomic E-state index is 12.2. The molecule has 0 saturated heterocycles. The molecule has 0 unspecified atom stereocenters. The smallest absolute Gasteiger partial charge is 0.234 e. The molecular formula is C19H15Cl2N7OS. The number of thioether (sulfide) groups is 1. The van der Waals surface area contributed by atoms with Gasteiger partial charge in [-0.05, 0) is 24.3 Å². The summed E-state index contributed by atoms with van der Waals surface area (Å²) in [5.41, 5.74) is 2.91. The molecule has 0 radical (unpaired) electrons. The number of nitrogens with zero attached hydrogens (tertiary/aromatic N) is 4. The minimum Gasteiger partial charge on any atom is -0.335 e. The van der Waals surface area contributed by atoms with Crippen LogP contribution in [-0.4, -0.2) is 36.7 Å². The summed E-state index contributed by atoms with van der Waals surface area (Å²) >= 11 is 13.0. The van der Waals surface area contributed by atoms with Crippen molar-refractivity contribution in [2.45, 2.75) is 5.16 Å². The quantitative estimate of drug-likeness (QED) is 0.295. The summed E-state index contributed by atoms with van der Waals surface area (Å²) in [6.07, 6.45) is 0. The number of carbonyl (C=O) groups is 1. The molecule has 4 aromatic rings. The van der Waals surface area contributed by atoms with Gasteiger partial charge in [-0.3, -0.25) is 9.89 Å². The van der Waals surface area contributed by atoms with Gasteiger partial charge in [0.15, 0.2) is 0 Å². The number of nitrogens with one attached hydrogen (secondary N) is 2. The monoisotopic (exact) mass is 459 g/mol. The number of anilines is 1. The molecular weight excluding hydrogens is 445 g/mol. The van der Waals surface area contributed by atoms with Gasteiger partial charge in [0.1, 0.15) is 5.69 Å². The normalized spacial score (nSPS) is 10.9. The Balaban J connectivity index is 1.42. The van der Waals surface area contributed by atoms with Gasteiger partial charge in [0, 0.05) is 11.3 Å². The van der Waals surface area contributed by atoms with E-state index < -0.39 is 0 Å². The molecule has 1 amide bonds. The number of carbonyl (C=O) groups excluding carboxylic acids is 1. The highest BCUT2D eigenvalue weighted by molar-refractivity contribution is 7.99. The Hall–Kier alpha value is -3.01. The van der Waals surface area contributed by atoms with Crippen molar-refractivity contribution in [2.24, 2.45) is 0 Å². The lowest BCUT2D eigenvalue weighted by molar-refractivity contribution is -0.113. The highest BCUT2D eigenvalue weighted by Gasteiger charge is 2.16. The number of aromatic nitrogens is 5. The topological polar surface area (TPSA) is 115 Å². The van der Waals surface area contributed by atoms with Crippen LogP contribution in [0.2, 0.25) is 10.0 Å². The summed E-state index contributed by atoms with van der Waals surface area (Å²) in [4.78, 5) is 12.2. The summed E-state index contributed by atoms with van der Waals surface area (Å²) in [6.45, 7) is 0. The predicted octanol–water partition coefficient (Wildman–Crippen LogP) is 4.09. The van der Waals surface area contributed by atoms with Crippen molar-refractivity contribution in [1.29, 1.82) is 0 Å². The van der Waals surface area contributed by atoms with E-state index in [1.54, 1.807) is 18.2 Å². The Bertz CT molecular complexity index is 1190. The van der Waals surface area contributed by atoms with Gasteiger partial charge in [-0.25, -0.2) is 4.68 Å². The van der Waals surface area contributed by atoms with Crippen LogP contribution in [0.15, 0.2) is 59.8 Å². The molecule has 2 heterocycles. The number of halogens is 2. The minimum absolute atomic E-state index is 0.0911. The Morgan fingerprint density at radius 1 is 1.10 bits per heavy atom. The van der Waals surface area contributed by atoms with Gasteiger partial charge in [-0.15, -0.1) is 10.2 Å². The van der Waals surface area contributed by atoms with Crippen LogP contribution in [0.25, 0.3) is 22.8 Å². The highest BCUT2D eigenvalue weighted by atomic mass is 35.5. The molecule has 0 saturated carbocycles. The Morgan fingerprint density at radius 2 is 1.90 bits per heavy atom. The average Bonchev–Trinajstić information content (AvgIpc) is 3.37. The fourth-order valence-electron chi connectivity index (χ4n) is 2.65. The highest BCUT2D eigenvalue weighted by Crippen LogP contribution is 2.26. The van der Waals surface area contributed by atoms with E-state index in [0.717, 1.165) is 23.0 Å². The van der Waals surface area contributed by atoms with E-state index in [1.165, 1.54) is 4.68 Å². The number of nitrogens with two attached hydrogens (primary N) is 1. The van der Waals surface area contributed by atoms with E-state index in [0.29, 0.717) is 32.4 Å². The number of benzene rings is 2. The zero-order valence-electron chi connectivity index (χ0n) is 15.3. The van der Waals surface area contributed by atoms with Crippen LogP contribution in [0.3, 0.4) is 0 Å². The zero-order chi connectivity index (χ0) is 21.1. The molecule has 4 rings (SSSR count). The molecule has 0 atom stereocenters. The molecule has 8 nitrogen and oxygen atoms in total. The van der Waals surface area contributed by atoms with Crippen LogP contribution in [-0.2, 0) is 4.79 Å². The van der Waals surface area contributed by atoms with Crippen molar-refractivity contribution in [3.8, 4) is 22.8 Å². The van der Waals surface area contributed by atoms with Gasteiger partial charge >= 0.3 is 0 Å². The van der Waals surface area contributed by atoms with E-state index in [2.05, 4.69) is 25.7 Å². The fraction of sp³-hybridized carbons (Fsp3) is 0.0526. The number of H-pyrrole nitrogens is 1. The van der Waals surface area contributed by atoms with Crippen LogP contribution < -0.4 is 11.2 Å². The molecule has 0 aliphatic carbocycles. The molecule has 0 spiro atoms. The largest absolute Gasteiger partial charge is 0.335 e. The van der Waals surface area contributed by atoms with E-state index >= 15 is 0 Å². The van der Waals surface area contributed by atoms with Crippen LogP contribution >= 0.6 is 35.0 Å². The first-order valence-corrected chi connectivity index (χ1v) is 10.4. The molecule has 2 aromatic heterocycles. The SMILES string of the molecule is Nn1c(SCC(=O)Nc2ccc(Cl)c(Cl)c2)nnc1-c1cc(-c2ccccc2)n[nH]1. The summed E-state index contributed by atoms with van der Waals surface area (Å²) in [7, 11) is 0. The maximum Gasteiger partial charge on any atom is 0.234 e. The molecule has 0 bridgehead atoms. The second kappa shape index (κ2) is 8.78. The lowest BCUT2D eigenvalue weighted by Gasteiger charge is -2.06. The molecule has 4 N–H and O–H groups in total. The van der Waals surface area contributed by atoms with Gasteiger partial charge in [-0.1, -0.05) is 65.3 Å². The van der Waals surface area contributed by atoms with E-state index in [9.17, 15) is 4.79 Å². The standard InChI is InChI=1S/C19H15Cl2N7OS/c20-13-7-6-12(8-14(13)21)23-17(29)10-30-19-27-26-18(28(19)22)16-9-15(24-25-16)11-4-2-1-3-5-11/h1-9H,10,22H2,(H,23,29)(H,24,25). The van der Waals surface area contributed by atoms with Crippen LogP contribution in [0, 0.1) is 0 Å². The minimum atomic E-state index is -0.240. The third-order valence-electron chi connectivity index (χ3n) is 4.09. The van der Waals surface area contributed by atoms with Crippen molar-refractivity contribution in [2.75, 3.05) is 16.9 Å². The first-order valence-electron chi connectivity index (χ1n) is 8.70. The van der Waals surface area contributed by atoms with E-state index in [-0.39, 0.29) is 11.7 Å². The number of aromatic amines is 1. The third kappa shape index (κ3) is 4.43. The molecule has 11 heteroatoms. The number of hydrogen-bond acceptors (Lipinski definition) is 6. The fourth-order valence-corrected chi connectivity index (χ4v) is 3.61. The summed E-state index contributed by atoms with van der Waals surface area (Å²) in [6, 6.07) is 16.4. The van der Waals surface area contributed by atoms with Gasteiger partial charge in [0.25, 0.3) is 0 Å². The third-order valence-corrected chi connectivity index (χ3v) is 5.77. The molecule has 152 valence electrons. The van der Waals surface area contributed by atoms with Crippen molar-refractivity contribution in [3.05, 3.63) is 64.6 Å². The van der Waals surface area contributed by atoms with Crippen LogP contribution in [0.5, 0.6) is 0 Å². The molecule has 0 fully saturated rings. The lowest BCUT2D eigenvalue weighted by Crippen LogP contribution is -2.16. The van der Waals surface area contributed by atoms with Crippen LogP contribution in [0.4, 0.5) is 5.69 Å². The zero-order valence-corrected chi connectivity index (χ0v) is 17.7. The van der Waals surface area contributed by atoms with Crippen molar-refractivity contribution in [1.82, 2.24) is 25.1 Å². The number of nitrogen functional groups attached to an aromatic ring is 1. The van der Waals surface area contributed by atoms with Crippen molar-refractivity contribution < 1.29 is 4.79 Å². The average molecular weight is 460 g/mol. The van der Waals surface area contributed by atoms with Gasteiger partial charge < -0.3 is 11.2 Å². The van der Waals surface area contributed by atoms with Crippen molar-refractivity contribution in [3.63, 3.8) is 0 Å². The van der Waals surface area contributed by atoms with Gasteiger partial charge in [0.2, 0.25) is 16.9 Å². The Kier molecular flexibility index (Phi) is 5.93. The number of hydrogen-bond donors (Lipinski definition) is 3. The second-order valence-electron chi connectivity index (χ2n) is 6.17. The van der Waals surface area contributed by atoms with Gasteiger partial charge in [-0.2, -0.15) is 5.10 Å². The molecule has 0 aliphatic rings. The second-order valence-corrected chi connectivity index (χ2v) is 7.93. The summed E-state index contributed by atoms with van der Waals surface area (Å²) in [5.74, 6) is 6.38. The number of rotatable bonds is 6. The Morgan fingerprint density at radius 3 is 2.67 bits per heavy atom. The van der Waals surface area contributed by atoms with E-state index in [4.69, 9.17) is 29.0 Å². The number of amides is 1. The summed E-state index contributed by atoms with van der Waals surface area (Å²) in [5, 5.41) is 19.3. The predicted molar refractivity (Wildman–Crippen MR) is 119 cm³/mol. The maximum atomic E-state index is 12.2. The lowest BCUT2D eigenvalue weighted by atomic mass is 10.1. The Labute approximate surface area is 185 Å². The van der Waals surface area contributed by atoms with E-state index in [1.807, 2.05) is 36.4 Å². The first kappa shape index (κ1) is 20.3. The van der Waals surface area contributed by atoms with Crippen LogP contribution in [0.1, 0.15) is 0 Å². The molecule has 30 heavy (non-hydrogen) atoms. The van der Waals surface area contributed by atoms with Gasteiger partial charge in [0.05, 0.1) is 21.5 Å². The first-order chi connectivity index (χ1) is 14.5. The van der Waals surface area contributed by atoms with Crippen molar-refractivity contribution >= 4 is 46.6 Å².